The first kappa shape index (κ1) is 12.4. The third kappa shape index (κ3) is 1.53. The largest absolute Gasteiger partial charge is 0.508 e. The number of hydrogen-bond acceptors (Lipinski definition) is 3. The van der Waals surface area contributed by atoms with Gasteiger partial charge in [-0.05, 0) is 62.0 Å². The summed E-state index contributed by atoms with van der Waals surface area (Å²) in [5, 5.41) is 9.89. The minimum absolute atomic E-state index is 0.00116. The van der Waals surface area contributed by atoms with Crippen LogP contribution < -0.4 is 0 Å². The van der Waals surface area contributed by atoms with E-state index in [1.807, 2.05) is 6.07 Å². The zero-order valence-corrected chi connectivity index (χ0v) is 11.9. The maximum atomic E-state index is 12.1. The predicted octanol–water partition coefficient (Wildman–Crippen LogP) is 2.26. The molecule has 2 fully saturated rings. The summed E-state index contributed by atoms with van der Waals surface area (Å²) in [5.41, 5.74) is 2.60. The van der Waals surface area contributed by atoms with Crippen LogP contribution >= 0.6 is 0 Å². The van der Waals surface area contributed by atoms with Crippen LogP contribution in [0.1, 0.15) is 36.8 Å². The molecule has 1 aliphatic heterocycles. The number of ketones is 1. The lowest BCUT2D eigenvalue weighted by Crippen LogP contribution is -2.60. The van der Waals surface area contributed by atoms with Gasteiger partial charge >= 0.3 is 0 Å². The van der Waals surface area contributed by atoms with Crippen molar-refractivity contribution in [2.75, 3.05) is 13.6 Å². The van der Waals surface area contributed by atoms with E-state index in [1.165, 1.54) is 11.1 Å². The third-order valence-electron chi connectivity index (χ3n) is 5.96. The molecule has 3 atom stereocenters. The van der Waals surface area contributed by atoms with Crippen molar-refractivity contribution >= 4 is 5.78 Å². The number of phenolic OH excluding ortho intramolecular Hbond substituents is 1. The number of likely N-dealkylation sites (N-methyl/N-ethyl adjacent to an activating group) is 1. The Kier molecular flexibility index (Phi) is 2.53. The van der Waals surface area contributed by atoms with Gasteiger partial charge < -0.3 is 10.0 Å². The van der Waals surface area contributed by atoms with Crippen LogP contribution in [0.2, 0.25) is 0 Å². The summed E-state index contributed by atoms with van der Waals surface area (Å²) >= 11 is 0. The van der Waals surface area contributed by atoms with Gasteiger partial charge in [0.2, 0.25) is 0 Å². The van der Waals surface area contributed by atoms with E-state index >= 15 is 0 Å². The molecule has 1 aromatic rings. The number of nitrogens with zero attached hydrogens (tertiary/aromatic N) is 1. The minimum atomic E-state index is -0.00116. The normalized spacial score (nSPS) is 36.4. The van der Waals surface area contributed by atoms with Gasteiger partial charge in [-0.2, -0.15) is 0 Å². The SMILES string of the molecule is CN1CC[C@@]23CC(=O)CC[C@H]2[C@H]1Cc1ccc(O)cc13. The van der Waals surface area contributed by atoms with Gasteiger partial charge in [0.05, 0.1) is 0 Å². The molecule has 1 saturated carbocycles. The van der Waals surface area contributed by atoms with Gasteiger partial charge in [0.1, 0.15) is 11.5 Å². The van der Waals surface area contributed by atoms with Crippen LogP contribution in [-0.2, 0) is 16.6 Å². The van der Waals surface area contributed by atoms with Gasteiger partial charge in [-0.3, -0.25) is 4.79 Å². The summed E-state index contributed by atoms with van der Waals surface area (Å²) in [6, 6.07) is 6.35. The molecule has 20 heavy (non-hydrogen) atoms. The smallest absolute Gasteiger partial charge is 0.133 e. The van der Waals surface area contributed by atoms with Gasteiger partial charge in [-0.1, -0.05) is 6.07 Å². The maximum absolute atomic E-state index is 12.1. The standard InChI is InChI=1S/C17H21NO2/c1-18-7-6-17-10-13(20)4-5-14(17)16(18)8-11-2-3-12(19)9-15(11)17/h2-3,9,14,16,19H,4-8,10H2,1H3/t14-,16+,17+/m0/s1. The van der Waals surface area contributed by atoms with Crippen LogP contribution in [-0.4, -0.2) is 35.4 Å². The van der Waals surface area contributed by atoms with Crippen molar-refractivity contribution in [1.82, 2.24) is 4.90 Å². The average molecular weight is 271 g/mol. The van der Waals surface area contributed by atoms with Crippen LogP contribution in [0.4, 0.5) is 0 Å². The highest BCUT2D eigenvalue weighted by Gasteiger charge is 2.54. The zero-order valence-electron chi connectivity index (χ0n) is 11.9. The molecular weight excluding hydrogens is 250 g/mol. The summed E-state index contributed by atoms with van der Waals surface area (Å²) in [7, 11) is 2.22. The van der Waals surface area contributed by atoms with Crippen LogP contribution in [0.3, 0.4) is 0 Å². The van der Waals surface area contributed by atoms with Crippen molar-refractivity contribution in [2.24, 2.45) is 5.92 Å². The number of fused-ring (bicyclic) bond motifs is 1. The summed E-state index contributed by atoms with van der Waals surface area (Å²) in [6.45, 7) is 1.06. The van der Waals surface area contributed by atoms with E-state index in [4.69, 9.17) is 0 Å². The van der Waals surface area contributed by atoms with Crippen molar-refractivity contribution < 1.29 is 9.90 Å². The molecule has 1 heterocycles. The molecule has 0 radical (unpaired) electrons. The second-order valence-corrected chi connectivity index (χ2v) is 6.86. The molecule has 0 amide bonds. The first-order valence-corrected chi connectivity index (χ1v) is 7.64. The van der Waals surface area contributed by atoms with E-state index in [0.29, 0.717) is 29.9 Å². The minimum Gasteiger partial charge on any atom is -0.508 e. The Bertz CT molecular complexity index is 582. The molecule has 0 aromatic heterocycles. The highest BCUT2D eigenvalue weighted by Crippen LogP contribution is 2.55. The molecule has 1 aromatic carbocycles. The Morgan fingerprint density at radius 1 is 1.40 bits per heavy atom. The molecule has 3 nitrogen and oxygen atoms in total. The number of benzene rings is 1. The number of rotatable bonds is 0. The molecule has 2 aliphatic carbocycles. The van der Waals surface area contributed by atoms with Crippen molar-refractivity contribution in [3.05, 3.63) is 29.3 Å². The van der Waals surface area contributed by atoms with Crippen LogP contribution in [0.5, 0.6) is 5.75 Å². The number of aromatic hydroxyl groups is 1. The summed E-state index contributed by atoms with van der Waals surface area (Å²) in [4.78, 5) is 14.6. The number of phenols is 1. The predicted molar refractivity (Wildman–Crippen MR) is 76.9 cm³/mol. The highest BCUT2D eigenvalue weighted by molar-refractivity contribution is 5.81. The molecule has 106 valence electrons. The summed E-state index contributed by atoms with van der Waals surface area (Å²) < 4.78 is 0. The number of likely N-dealkylation sites (tertiary alicyclic amines) is 1. The first-order chi connectivity index (χ1) is 9.60. The number of carbonyl (C=O) groups excluding carboxylic acids is 1. The molecule has 0 spiro atoms. The fourth-order valence-electron chi connectivity index (χ4n) is 5.01. The molecule has 3 heteroatoms. The number of carbonyl (C=O) groups is 1. The maximum Gasteiger partial charge on any atom is 0.133 e. The molecule has 1 saturated heterocycles. The molecule has 2 bridgehead atoms. The van der Waals surface area contributed by atoms with Gasteiger partial charge in [-0.15, -0.1) is 0 Å². The second-order valence-electron chi connectivity index (χ2n) is 6.86. The average Bonchev–Trinajstić information content (AvgIpc) is 2.43. The molecule has 4 rings (SSSR count). The lowest BCUT2D eigenvalue weighted by molar-refractivity contribution is -0.126. The number of piperidine rings is 1. The molecular formula is C17H21NO2. The quantitative estimate of drug-likeness (QED) is 0.787. The lowest BCUT2D eigenvalue weighted by atomic mass is 9.52. The van der Waals surface area contributed by atoms with E-state index in [-0.39, 0.29) is 5.41 Å². The zero-order chi connectivity index (χ0) is 13.9. The van der Waals surface area contributed by atoms with Gasteiger partial charge in [0, 0.05) is 24.3 Å². The Morgan fingerprint density at radius 3 is 3.10 bits per heavy atom. The van der Waals surface area contributed by atoms with E-state index in [2.05, 4.69) is 18.0 Å². The van der Waals surface area contributed by atoms with Crippen LogP contribution in [0.15, 0.2) is 18.2 Å². The fourth-order valence-corrected chi connectivity index (χ4v) is 5.01. The third-order valence-corrected chi connectivity index (χ3v) is 5.96. The monoisotopic (exact) mass is 271 g/mol. The molecule has 0 unspecified atom stereocenters. The van der Waals surface area contributed by atoms with Gasteiger partial charge in [0.25, 0.3) is 0 Å². The van der Waals surface area contributed by atoms with Crippen molar-refractivity contribution in [3.8, 4) is 5.75 Å². The molecule has 1 N–H and O–H groups in total. The van der Waals surface area contributed by atoms with E-state index < -0.39 is 0 Å². The van der Waals surface area contributed by atoms with E-state index in [1.54, 1.807) is 6.07 Å². The van der Waals surface area contributed by atoms with Crippen molar-refractivity contribution in [2.45, 2.75) is 43.6 Å². The van der Waals surface area contributed by atoms with E-state index in [9.17, 15) is 9.90 Å². The van der Waals surface area contributed by atoms with Gasteiger partial charge in [-0.25, -0.2) is 0 Å². The topological polar surface area (TPSA) is 40.5 Å². The van der Waals surface area contributed by atoms with E-state index in [0.717, 1.165) is 32.2 Å². The second kappa shape index (κ2) is 4.08. The van der Waals surface area contributed by atoms with Gasteiger partial charge in [0.15, 0.2) is 0 Å². The number of Topliss-reactive ketones (excluding diaryl/α,β-unsaturated/α-hetero) is 1. The Balaban J connectivity index is 1.92. The number of hydrogen-bond donors (Lipinski definition) is 1. The highest BCUT2D eigenvalue weighted by atomic mass is 16.3. The Labute approximate surface area is 119 Å². The van der Waals surface area contributed by atoms with Crippen molar-refractivity contribution in [1.29, 1.82) is 0 Å². The van der Waals surface area contributed by atoms with Crippen LogP contribution in [0, 0.1) is 5.92 Å². The summed E-state index contributed by atoms with van der Waals surface area (Å²) in [5.74, 6) is 1.32. The van der Waals surface area contributed by atoms with Crippen LogP contribution in [0.25, 0.3) is 0 Å². The van der Waals surface area contributed by atoms with Crippen molar-refractivity contribution in [3.63, 3.8) is 0 Å². The first-order valence-electron chi connectivity index (χ1n) is 7.64. The Hall–Kier alpha value is -1.35. The summed E-state index contributed by atoms with van der Waals surface area (Å²) in [6.07, 6.45) is 4.55. The molecule has 3 aliphatic rings. The lowest BCUT2D eigenvalue weighted by Gasteiger charge is -2.58. The Morgan fingerprint density at radius 2 is 2.25 bits per heavy atom. The fraction of sp³-hybridized carbons (Fsp3) is 0.588.